The van der Waals surface area contributed by atoms with Crippen LogP contribution in [0.3, 0.4) is 0 Å². The van der Waals surface area contributed by atoms with Crippen molar-refractivity contribution in [3.8, 4) is 0 Å². The number of fused-ring (bicyclic) bond motifs is 2. The highest BCUT2D eigenvalue weighted by atomic mass is 16.4. The number of carboxylic acids is 1. The van der Waals surface area contributed by atoms with Crippen molar-refractivity contribution in [2.24, 2.45) is 5.73 Å². The lowest BCUT2D eigenvalue weighted by Gasteiger charge is -2.24. The highest BCUT2D eigenvalue weighted by Gasteiger charge is 2.31. The summed E-state index contributed by atoms with van der Waals surface area (Å²) in [5, 5.41) is 19.1. The van der Waals surface area contributed by atoms with Crippen molar-refractivity contribution in [2.75, 3.05) is 0 Å². The number of nitrogens with one attached hydrogen (secondary N) is 6. The molecule has 5 rings (SSSR count). The van der Waals surface area contributed by atoms with Crippen molar-refractivity contribution in [2.45, 2.75) is 50.4 Å². The number of benzene rings is 2. The van der Waals surface area contributed by atoms with Crippen molar-refractivity contribution in [3.05, 3.63) is 90.3 Å². The minimum atomic E-state index is -1.22. The van der Waals surface area contributed by atoms with Crippen LogP contribution in [0.1, 0.15) is 23.7 Å². The Morgan fingerprint density at radius 3 is 1.91 bits per heavy atom. The van der Waals surface area contributed by atoms with Gasteiger partial charge in [-0.25, -0.2) is 4.98 Å². The van der Waals surface area contributed by atoms with Crippen LogP contribution in [0.15, 0.2) is 73.4 Å². The van der Waals surface area contributed by atoms with Crippen LogP contribution in [0, 0.1) is 0 Å². The van der Waals surface area contributed by atoms with Crippen molar-refractivity contribution >= 4 is 45.5 Å². The Morgan fingerprint density at radius 2 is 1.32 bits per heavy atom. The Morgan fingerprint density at radius 1 is 0.773 bits per heavy atom. The van der Waals surface area contributed by atoms with E-state index in [0.717, 1.165) is 32.9 Å². The summed E-state index contributed by atoms with van der Waals surface area (Å²) in [5.74, 6) is -3.09. The molecular formula is C31H34N8O5. The number of carboxylic acid groups (broad SMARTS) is 1. The molecule has 3 heterocycles. The first-order chi connectivity index (χ1) is 21.2. The lowest BCUT2D eigenvalue weighted by atomic mass is 10.0. The predicted molar refractivity (Wildman–Crippen MR) is 163 cm³/mol. The van der Waals surface area contributed by atoms with Crippen molar-refractivity contribution in [3.63, 3.8) is 0 Å². The molecule has 2 aromatic carbocycles. The van der Waals surface area contributed by atoms with Gasteiger partial charge in [0, 0.05) is 58.9 Å². The summed E-state index contributed by atoms with van der Waals surface area (Å²) >= 11 is 0. The third-order valence-electron chi connectivity index (χ3n) is 7.52. The molecule has 0 aliphatic rings. The molecule has 0 radical (unpaired) electrons. The summed E-state index contributed by atoms with van der Waals surface area (Å²) in [5.41, 5.74) is 10.3. The first-order valence-electron chi connectivity index (χ1n) is 14.2. The Kier molecular flexibility index (Phi) is 9.05. The van der Waals surface area contributed by atoms with Crippen LogP contribution < -0.4 is 21.7 Å². The predicted octanol–water partition coefficient (Wildman–Crippen LogP) is 1.29. The van der Waals surface area contributed by atoms with E-state index in [2.05, 4.69) is 35.9 Å². The van der Waals surface area contributed by atoms with Crippen LogP contribution in [0.5, 0.6) is 0 Å². The number of para-hydroxylation sites is 2. The number of aromatic amines is 3. The summed E-state index contributed by atoms with van der Waals surface area (Å²) in [6.45, 7) is 1.33. The Hall–Kier alpha value is -5.43. The molecule has 0 saturated carbocycles. The second-order valence-electron chi connectivity index (χ2n) is 10.7. The summed E-state index contributed by atoms with van der Waals surface area (Å²) in [6.07, 6.45) is 6.87. The molecule has 0 bridgehead atoms. The fourth-order valence-corrected chi connectivity index (χ4v) is 5.11. The topological polar surface area (TPSA) is 211 Å². The fraction of sp³-hybridized carbons (Fsp3) is 0.258. The quantitative estimate of drug-likeness (QED) is 0.0994. The molecule has 4 atom stereocenters. The van der Waals surface area contributed by atoms with Gasteiger partial charge in [0.05, 0.1) is 12.4 Å². The number of hydrogen-bond donors (Lipinski definition) is 8. The molecule has 13 nitrogen and oxygen atoms in total. The van der Waals surface area contributed by atoms with Crippen LogP contribution in [0.2, 0.25) is 0 Å². The van der Waals surface area contributed by atoms with Gasteiger partial charge in [0.25, 0.3) is 0 Å². The second kappa shape index (κ2) is 13.3. The molecule has 228 valence electrons. The molecule has 3 amide bonds. The summed E-state index contributed by atoms with van der Waals surface area (Å²) in [4.78, 5) is 65.0. The van der Waals surface area contributed by atoms with Crippen molar-refractivity contribution < 1.29 is 24.3 Å². The molecule has 9 N–H and O–H groups in total. The number of hydrogen-bond acceptors (Lipinski definition) is 6. The van der Waals surface area contributed by atoms with Gasteiger partial charge in [-0.05, 0) is 36.6 Å². The molecular weight excluding hydrogens is 564 g/mol. The Labute approximate surface area is 252 Å². The maximum Gasteiger partial charge on any atom is 0.325 e. The molecule has 5 aromatic rings. The number of H-pyrrole nitrogens is 3. The van der Waals surface area contributed by atoms with Crippen molar-refractivity contribution in [1.29, 1.82) is 0 Å². The lowest BCUT2D eigenvalue weighted by Crippen LogP contribution is -2.58. The molecule has 0 saturated heterocycles. The van der Waals surface area contributed by atoms with E-state index in [-0.39, 0.29) is 19.3 Å². The van der Waals surface area contributed by atoms with E-state index < -0.39 is 47.9 Å². The number of nitrogens with zero attached hydrogens (tertiary/aromatic N) is 1. The zero-order chi connectivity index (χ0) is 31.2. The molecule has 0 fully saturated rings. The molecule has 44 heavy (non-hydrogen) atoms. The first-order valence-corrected chi connectivity index (χ1v) is 14.2. The number of amides is 3. The first kappa shape index (κ1) is 30.0. The zero-order valence-electron chi connectivity index (χ0n) is 24.0. The zero-order valence-corrected chi connectivity index (χ0v) is 24.0. The summed E-state index contributed by atoms with van der Waals surface area (Å²) in [7, 11) is 0. The monoisotopic (exact) mass is 598 g/mol. The molecule has 4 unspecified atom stereocenters. The summed E-state index contributed by atoms with van der Waals surface area (Å²) in [6, 6.07) is 10.7. The second-order valence-corrected chi connectivity index (χ2v) is 10.7. The van der Waals surface area contributed by atoms with Gasteiger partial charge < -0.3 is 41.7 Å². The minimum Gasteiger partial charge on any atom is -0.480 e. The van der Waals surface area contributed by atoms with Crippen LogP contribution >= 0.6 is 0 Å². The van der Waals surface area contributed by atoms with Crippen LogP contribution in [0.4, 0.5) is 0 Å². The molecule has 13 heteroatoms. The van der Waals surface area contributed by atoms with E-state index >= 15 is 0 Å². The normalized spacial score (nSPS) is 14.0. The lowest BCUT2D eigenvalue weighted by molar-refractivity contribution is -0.141. The van der Waals surface area contributed by atoms with Gasteiger partial charge >= 0.3 is 5.97 Å². The Balaban J connectivity index is 1.35. The summed E-state index contributed by atoms with van der Waals surface area (Å²) < 4.78 is 0. The minimum absolute atomic E-state index is 0.0460. The fourth-order valence-electron chi connectivity index (χ4n) is 5.11. The van der Waals surface area contributed by atoms with Gasteiger partial charge in [0.15, 0.2) is 0 Å². The third kappa shape index (κ3) is 6.95. The maximum atomic E-state index is 13.7. The van der Waals surface area contributed by atoms with Crippen molar-refractivity contribution in [1.82, 2.24) is 35.9 Å². The van der Waals surface area contributed by atoms with Crippen LogP contribution in [-0.2, 0) is 38.4 Å². The van der Waals surface area contributed by atoms with Crippen LogP contribution in [-0.4, -0.2) is 72.9 Å². The van der Waals surface area contributed by atoms with E-state index in [1.807, 2.05) is 48.5 Å². The van der Waals surface area contributed by atoms with Gasteiger partial charge in [-0.3, -0.25) is 19.2 Å². The molecule has 0 aliphatic carbocycles. The number of imidazole rings is 1. The van der Waals surface area contributed by atoms with E-state index in [0.29, 0.717) is 5.69 Å². The number of aromatic nitrogens is 4. The Bertz CT molecular complexity index is 1780. The average Bonchev–Trinajstić information content (AvgIpc) is 3.77. The molecule has 0 spiro atoms. The van der Waals surface area contributed by atoms with Gasteiger partial charge in [0.1, 0.15) is 18.1 Å². The van der Waals surface area contributed by atoms with Gasteiger partial charge in [-0.1, -0.05) is 36.4 Å². The highest BCUT2D eigenvalue weighted by molar-refractivity contribution is 5.95. The van der Waals surface area contributed by atoms with E-state index in [9.17, 15) is 24.3 Å². The number of carbonyl (C=O) groups is 4. The number of rotatable bonds is 13. The maximum absolute atomic E-state index is 13.7. The van der Waals surface area contributed by atoms with E-state index in [4.69, 9.17) is 5.73 Å². The van der Waals surface area contributed by atoms with Gasteiger partial charge in [-0.2, -0.15) is 0 Å². The number of nitrogens with two attached hydrogens (primary N) is 1. The van der Waals surface area contributed by atoms with Gasteiger partial charge in [-0.15, -0.1) is 0 Å². The van der Waals surface area contributed by atoms with Gasteiger partial charge in [0.2, 0.25) is 17.7 Å². The number of aliphatic carboxylic acids is 1. The third-order valence-corrected chi connectivity index (χ3v) is 7.52. The number of carbonyl (C=O) groups excluding carboxylic acids is 3. The van der Waals surface area contributed by atoms with Crippen LogP contribution in [0.25, 0.3) is 21.8 Å². The standard InChI is InChI=1S/C31H34N8O5/c1-17(31(43)44)37-29(41)26(11-19-14-35-25-9-5-3-7-22(19)25)39-30(42)27(12-20-15-33-16-36-20)38-28(40)23(32)10-18-13-34-24-8-4-2-6-21(18)24/h2-9,13-17,23,26-27,34-35H,10-12,32H2,1H3,(H,33,36)(H,37,41)(H,38,40)(H,39,42)(H,43,44). The highest BCUT2D eigenvalue weighted by Crippen LogP contribution is 2.20. The smallest absolute Gasteiger partial charge is 0.325 e. The largest absolute Gasteiger partial charge is 0.480 e. The SMILES string of the molecule is CC(NC(=O)C(Cc1c[nH]c2ccccc12)NC(=O)C(Cc1cnc[nH]1)NC(=O)C(N)Cc1c[nH]c2ccccc12)C(=O)O. The molecule has 0 aliphatic heterocycles. The molecule has 3 aromatic heterocycles. The van der Waals surface area contributed by atoms with E-state index in [1.54, 1.807) is 12.4 Å². The average molecular weight is 599 g/mol. The van der Waals surface area contributed by atoms with E-state index in [1.165, 1.54) is 19.4 Å².